The lowest BCUT2D eigenvalue weighted by Crippen LogP contribution is -2.63. The van der Waals surface area contributed by atoms with Crippen molar-refractivity contribution in [1.29, 1.82) is 0 Å². The van der Waals surface area contributed by atoms with Crippen LogP contribution in [0.4, 0.5) is 0 Å². The molecule has 9 atom stereocenters. The molecule has 33 heavy (non-hydrogen) atoms. The molecule has 5 aliphatic carbocycles. The molecular weight excluding hydrogens is 408 g/mol. The van der Waals surface area contributed by atoms with Gasteiger partial charge in [0.2, 0.25) is 0 Å². The predicted octanol–water partition coefficient (Wildman–Crippen LogP) is 7.23. The van der Waals surface area contributed by atoms with Crippen molar-refractivity contribution in [2.24, 2.45) is 50.2 Å². The molecule has 0 aliphatic heterocycles. The molecule has 0 aromatic carbocycles. The van der Waals surface area contributed by atoms with Crippen molar-refractivity contribution < 1.29 is 15.0 Å². The molecule has 3 heteroatoms. The molecule has 0 heterocycles. The van der Waals surface area contributed by atoms with Gasteiger partial charge in [0.25, 0.3) is 0 Å². The molecule has 0 spiro atoms. The lowest BCUT2D eigenvalue weighted by Gasteiger charge is -2.71. The van der Waals surface area contributed by atoms with Gasteiger partial charge in [0.15, 0.2) is 0 Å². The Morgan fingerprint density at radius 2 is 1.55 bits per heavy atom. The van der Waals surface area contributed by atoms with E-state index in [2.05, 4.69) is 47.6 Å². The highest BCUT2D eigenvalue weighted by Crippen LogP contribution is 2.75. The maximum Gasteiger partial charge on any atom is 0.309 e. The Balaban J connectivity index is 1.56. The molecule has 0 saturated heterocycles. The number of carboxylic acids is 1. The second-order valence-electron chi connectivity index (χ2n) is 14.9. The lowest BCUT2D eigenvalue weighted by molar-refractivity contribution is -0.187. The molecule has 5 aliphatic rings. The summed E-state index contributed by atoms with van der Waals surface area (Å²) in [6.45, 7) is 16.7. The molecule has 0 bridgehead atoms. The zero-order valence-electron chi connectivity index (χ0n) is 22.3. The summed E-state index contributed by atoms with van der Waals surface area (Å²) in [7, 11) is 0. The molecule has 0 aromatic rings. The van der Waals surface area contributed by atoms with Crippen LogP contribution in [0.25, 0.3) is 0 Å². The van der Waals surface area contributed by atoms with Crippen LogP contribution in [0.15, 0.2) is 11.6 Å². The Labute approximate surface area is 201 Å². The van der Waals surface area contributed by atoms with Crippen LogP contribution in [0.3, 0.4) is 0 Å². The average molecular weight is 457 g/mol. The molecule has 3 unspecified atom stereocenters. The van der Waals surface area contributed by atoms with Crippen molar-refractivity contribution in [3.05, 3.63) is 11.6 Å². The van der Waals surface area contributed by atoms with Crippen molar-refractivity contribution in [2.75, 3.05) is 0 Å². The van der Waals surface area contributed by atoms with Gasteiger partial charge in [-0.3, -0.25) is 4.79 Å². The quantitative estimate of drug-likeness (QED) is 0.409. The second-order valence-corrected chi connectivity index (χ2v) is 14.9. The summed E-state index contributed by atoms with van der Waals surface area (Å²) < 4.78 is 0. The molecule has 186 valence electrons. The van der Waals surface area contributed by atoms with Gasteiger partial charge in [-0.15, -0.1) is 0 Å². The van der Waals surface area contributed by atoms with E-state index >= 15 is 0 Å². The summed E-state index contributed by atoms with van der Waals surface area (Å²) in [6, 6.07) is 0. The summed E-state index contributed by atoms with van der Waals surface area (Å²) in [5.74, 6) is 1.02. The smallest absolute Gasteiger partial charge is 0.309 e. The fraction of sp³-hybridized carbons (Fsp3) is 0.900. The van der Waals surface area contributed by atoms with Gasteiger partial charge in [-0.25, -0.2) is 0 Å². The predicted molar refractivity (Wildman–Crippen MR) is 133 cm³/mol. The van der Waals surface area contributed by atoms with Gasteiger partial charge < -0.3 is 10.2 Å². The molecule has 4 fully saturated rings. The second kappa shape index (κ2) is 6.89. The SMILES string of the molecule is CC1(C)C2CC=C3C(CC[C@@]4(C)C5C[C@](C)(C(=O)O)CC[C@]5(C)CC[C@]34C)[C@@]2(C)CC[C@H]1O. The molecular formula is C30H48O3. The molecule has 2 N–H and O–H groups in total. The van der Waals surface area contributed by atoms with Crippen LogP contribution >= 0.6 is 0 Å². The fourth-order valence-electron chi connectivity index (χ4n) is 10.5. The number of carboxylic acid groups (broad SMARTS) is 1. The Morgan fingerprint density at radius 3 is 2.21 bits per heavy atom. The molecule has 0 amide bonds. The zero-order valence-corrected chi connectivity index (χ0v) is 22.3. The number of aliphatic hydroxyl groups is 1. The molecule has 5 rings (SSSR count). The zero-order chi connectivity index (χ0) is 24.2. The number of carbonyl (C=O) groups is 1. The number of fused-ring (bicyclic) bond motifs is 7. The van der Waals surface area contributed by atoms with E-state index < -0.39 is 11.4 Å². The van der Waals surface area contributed by atoms with E-state index in [9.17, 15) is 15.0 Å². The Hall–Kier alpha value is -0.830. The van der Waals surface area contributed by atoms with Crippen LogP contribution in [0.2, 0.25) is 0 Å². The Bertz CT molecular complexity index is 889. The average Bonchev–Trinajstić information content (AvgIpc) is 2.74. The largest absolute Gasteiger partial charge is 0.481 e. The fourth-order valence-corrected chi connectivity index (χ4v) is 10.5. The van der Waals surface area contributed by atoms with Crippen molar-refractivity contribution in [3.63, 3.8) is 0 Å². The topological polar surface area (TPSA) is 57.5 Å². The van der Waals surface area contributed by atoms with Crippen LogP contribution in [-0.2, 0) is 4.79 Å². The first-order valence-corrected chi connectivity index (χ1v) is 13.8. The van der Waals surface area contributed by atoms with Crippen LogP contribution in [0, 0.1) is 50.2 Å². The van der Waals surface area contributed by atoms with Crippen LogP contribution in [-0.4, -0.2) is 22.3 Å². The first-order valence-electron chi connectivity index (χ1n) is 13.8. The highest BCUT2D eigenvalue weighted by Gasteiger charge is 2.68. The maximum absolute atomic E-state index is 12.3. The molecule has 0 radical (unpaired) electrons. The third-order valence-corrected chi connectivity index (χ3v) is 13.3. The van der Waals surface area contributed by atoms with E-state index in [-0.39, 0.29) is 33.2 Å². The van der Waals surface area contributed by atoms with Crippen LogP contribution in [0.1, 0.15) is 113 Å². The van der Waals surface area contributed by atoms with Gasteiger partial charge in [0, 0.05) is 0 Å². The Kier molecular flexibility index (Phi) is 4.99. The first-order chi connectivity index (χ1) is 15.1. The van der Waals surface area contributed by atoms with Gasteiger partial charge in [-0.1, -0.05) is 53.2 Å². The Morgan fingerprint density at radius 1 is 0.879 bits per heavy atom. The number of hydrogen-bond acceptors (Lipinski definition) is 2. The number of allylic oxidation sites excluding steroid dienone is 2. The van der Waals surface area contributed by atoms with Crippen LogP contribution in [0.5, 0.6) is 0 Å². The number of rotatable bonds is 1. The van der Waals surface area contributed by atoms with E-state index in [1.807, 2.05) is 6.92 Å². The highest BCUT2D eigenvalue weighted by atomic mass is 16.4. The van der Waals surface area contributed by atoms with Gasteiger partial charge in [-0.05, 0) is 116 Å². The summed E-state index contributed by atoms with van der Waals surface area (Å²) in [5, 5.41) is 21.0. The standard InChI is InChI=1S/C30H48O3/c1-25(2)21-9-8-20-19(28(21,5)12-11-23(25)31)10-13-30(7)22-18-27(4,24(32)33)15-14-26(22,3)16-17-29(20,30)6/h8,19,21-23,31H,9-18H2,1-7H3,(H,32,33)/t19?,21?,22?,23-,26-,27-,28-,29-,30+/m1/s1. The van der Waals surface area contributed by atoms with E-state index in [1.54, 1.807) is 5.57 Å². The first kappa shape index (κ1) is 23.9. The van der Waals surface area contributed by atoms with Crippen molar-refractivity contribution in [2.45, 2.75) is 119 Å². The minimum absolute atomic E-state index is 0.0332. The maximum atomic E-state index is 12.3. The lowest BCUT2D eigenvalue weighted by atomic mass is 9.34. The third kappa shape index (κ3) is 2.87. The third-order valence-electron chi connectivity index (χ3n) is 13.3. The van der Waals surface area contributed by atoms with Gasteiger partial charge in [0.1, 0.15) is 0 Å². The summed E-state index contributed by atoms with van der Waals surface area (Å²) in [6.07, 6.45) is 13.2. The number of aliphatic carboxylic acids is 1. The van der Waals surface area contributed by atoms with Crippen molar-refractivity contribution in [1.82, 2.24) is 0 Å². The monoisotopic (exact) mass is 456 g/mol. The minimum atomic E-state index is -0.593. The van der Waals surface area contributed by atoms with E-state index in [0.717, 1.165) is 38.5 Å². The van der Waals surface area contributed by atoms with Crippen molar-refractivity contribution >= 4 is 5.97 Å². The number of hydrogen-bond donors (Lipinski definition) is 2. The summed E-state index contributed by atoms with van der Waals surface area (Å²) in [4.78, 5) is 12.3. The normalized spacial score (nSPS) is 55.3. The molecule has 3 nitrogen and oxygen atoms in total. The molecule has 0 aromatic heterocycles. The summed E-state index contributed by atoms with van der Waals surface area (Å²) >= 11 is 0. The molecule has 4 saturated carbocycles. The number of aliphatic hydroxyl groups excluding tert-OH is 1. The van der Waals surface area contributed by atoms with Crippen LogP contribution < -0.4 is 0 Å². The van der Waals surface area contributed by atoms with E-state index in [4.69, 9.17) is 0 Å². The van der Waals surface area contributed by atoms with Crippen molar-refractivity contribution in [3.8, 4) is 0 Å². The van der Waals surface area contributed by atoms with Gasteiger partial charge >= 0.3 is 5.97 Å². The summed E-state index contributed by atoms with van der Waals surface area (Å²) in [5.41, 5.74) is 1.96. The highest BCUT2D eigenvalue weighted by molar-refractivity contribution is 5.74. The van der Waals surface area contributed by atoms with Gasteiger partial charge in [-0.2, -0.15) is 0 Å². The van der Waals surface area contributed by atoms with E-state index in [1.165, 1.54) is 25.7 Å². The van der Waals surface area contributed by atoms with Gasteiger partial charge in [0.05, 0.1) is 11.5 Å². The minimum Gasteiger partial charge on any atom is -0.481 e. The van der Waals surface area contributed by atoms with E-state index in [0.29, 0.717) is 17.8 Å².